The molecule has 1 aromatic rings. The Hall–Kier alpha value is -1.14. The van der Waals surface area contributed by atoms with Crippen LogP contribution >= 0.6 is 11.6 Å². The number of fused-ring (bicyclic) bond motifs is 1. The zero-order valence-electron chi connectivity index (χ0n) is 13.8. The number of amides is 1. The predicted octanol–water partition coefficient (Wildman–Crippen LogP) is 1.56. The van der Waals surface area contributed by atoms with Gasteiger partial charge in [-0.05, 0) is 55.5 Å². The summed E-state index contributed by atoms with van der Waals surface area (Å²) in [6.07, 6.45) is 2.25. The van der Waals surface area contributed by atoms with Gasteiger partial charge in [0.2, 0.25) is 5.91 Å². The molecule has 0 radical (unpaired) electrons. The van der Waals surface area contributed by atoms with Gasteiger partial charge in [-0.15, -0.1) is 0 Å². The molecule has 5 nitrogen and oxygen atoms in total. The first kappa shape index (κ1) is 16.3. The Kier molecular flexibility index (Phi) is 4.77. The molecule has 4 atom stereocenters. The molecule has 0 saturated carbocycles. The summed E-state index contributed by atoms with van der Waals surface area (Å²) in [6, 6.07) is 7.78. The van der Waals surface area contributed by atoms with E-state index in [1.54, 1.807) is 0 Å². The fourth-order valence-corrected chi connectivity index (χ4v) is 4.61. The molecule has 1 amide bonds. The molecule has 24 heavy (non-hydrogen) atoms. The topological polar surface area (TPSA) is 56.4 Å². The van der Waals surface area contributed by atoms with Crippen molar-refractivity contribution in [3.63, 3.8) is 0 Å². The molecule has 3 aliphatic rings. The van der Waals surface area contributed by atoms with Crippen molar-refractivity contribution in [1.82, 2.24) is 21.1 Å². The van der Waals surface area contributed by atoms with Crippen LogP contribution in [0.25, 0.3) is 0 Å². The molecule has 3 fully saturated rings. The summed E-state index contributed by atoms with van der Waals surface area (Å²) in [6.45, 7) is 4.68. The maximum atomic E-state index is 13.1. The lowest BCUT2D eigenvalue weighted by Crippen LogP contribution is -2.40. The van der Waals surface area contributed by atoms with Gasteiger partial charge in [0.25, 0.3) is 0 Å². The highest BCUT2D eigenvalue weighted by molar-refractivity contribution is 6.30. The average Bonchev–Trinajstić information content (AvgIpc) is 3.20. The molecular weight excluding hydrogens is 324 g/mol. The SMILES string of the molecule is O=C(C1CNNC1c1cccc(Cl)c1)N1CC[C@@H]2CNC[C@@H]2CC1. The first-order valence-corrected chi connectivity index (χ1v) is 9.33. The molecule has 3 saturated heterocycles. The number of hydrogen-bond acceptors (Lipinski definition) is 4. The fraction of sp³-hybridized carbons (Fsp3) is 0.611. The third kappa shape index (κ3) is 3.18. The van der Waals surface area contributed by atoms with Crippen LogP contribution in [0.5, 0.6) is 0 Å². The van der Waals surface area contributed by atoms with E-state index in [0.29, 0.717) is 11.6 Å². The van der Waals surface area contributed by atoms with Gasteiger partial charge in [-0.3, -0.25) is 10.2 Å². The van der Waals surface area contributed by atoms with Gasteiger partial charge < -0.3 is 10.2 Å². The van der Waals surface area contributed by atoms with Gasteiger partial charge in [0.05, 0.1) is 12.0 Å². The lowest BCUT2D eigenvalue weighted by atomic mass is 9.92. The van der Waals surface area contributed by atoms with E-state index in [9.17, 15) is 4.79 Å². The van der Waals surface area contributed by atoms with Crippen LogP contribution < -0.4 is 16.2 Å². The van der Waals surface area contributed by atoms with Crippen LogP contribution in [0.2, 0.25) is 5.02 Å². The van der Waals surface area contributed by atoms with Gasteiger partial charge in [-0.25, -0.2) is 5.43 Å². The van der Waals surface area contributed by atoms with Crippen LogP contribution in [0.3, 0.4) is 0 Å². The number of rotatable bonds is 2. The molecule has 0 bridgehead atoms. The molecule has 0 aliphatic carbocycles. The average molecular weight is 349 g/mol. The normalized spacial score (nSPS) is 33.3. The van der Waals surface area contributed by atoms with E-state index < -0.39 is 0 Å². The highest BCUT2D eigenvalue weighted by Gasteiger charge is 2.38. The maximum Gasteiger partial charge on any atom is 0.229 e. The molecule has 4 rings (SSSR count). The highest BCUT2D eigenvalue weighted by Crippen LogP contribution is 2.31. The molecule has 1 aromatic carbocycles. The second kappa shape index (κ2) is 7.00. The van der Waals surface area contributed by atoms with E-state index >= 15 is 0 Å². The minimum absolute atomic E-state index is 0.0133. The van der Waals surface area contributed by atoms with E-state index in [2.05, 4.69) is 21.1 Å². The monoisotopic (exact) mass is 348 g/mol. The van der Waals surface area contributed by atoms with Crippen LogP contribution in [-0.4, -0.2) is 43.5 Å². The van der Waals surface area contributed by atoms with Crippen molar-refractivity contribution < 1.29 is 4.79 Å². The Morgan fingerprint density at radius 2 is 1.88 bits per heavy atom. The van der Waals surface area contributed by atoms with E-state index in [-0.39, 0.29) is 17.9 Å². The zero-order valence-corrected chi connectivity index (χ0v) is 14.6. The molecule has 0 spiro atoms. The number of benzene rings is 1. The second-order valence-corrected chi connectivity index (χ2v) is 7.68. The van der Waals surface area contributed by atoms with Crippen LogP contribution in [0.4, 0.5) is 0 Å². The summed E-state index contributed by atoms with van der Waals surface area (Å²) in [5, 5.41) is 4.20. The summed E-state index contributed by atoms with van der Waals surface area (Å²) < 4.78 is 0. The third-order valence-electron chi connectivity index (χ3n) is 5.84. The molecule has 3 heterocycles. The number of hydrazine groups is 1. The number of carbonyl (C=O) groups is 1. The molecule has 3 N–H and O–H groups in total. The van der Waals surface area contributed by atoms with Crippen LogP contribution in [0.1, 0.15) is 24.4 Å². The van der Waals surface area contributed by atoms with Crippen molar-refractivity contribution in [3.05, 3.63) is 34.9 Å². The Balaban J connectivity index is 1.47. The van der Waals surface area contributed by atoms with E-state index in [4.69, 9.17) is 11.6 Å². The van der Waals surface area contributed by atoms with Gasteiger partial charge in [0, 0.05) is 24.7 Å². The summed E-state index contributed by atoms with van der Waals surface area (Å²) in [5.41, 5.74) is 7.50. The maximum absolute atomic E-state index is 13.1. The summed E-state index contributed by atoms with van der Waals surface area (Å²) >= 11 is 6.13. The number of nitrogens with one attached hydrogen (secondary N) is 3. The van der Waals surface area contributed by atoms with Gasteiger partial charge in [0.1, 0.15) is 0 Å². The van der Waals surface area contributed by atoms with Gasteiger partial charge in [0.15, 0.2) is 0 Å². The molecule has 6 heteroatoms. The molecule has 2 unspecified atom stereocenters. The minimum Gasteiger partial charge on any atom is -0.342 e. The van der Waals surface area contributed by atoms with Crippen molar-refractivity contribution in [3.8, 4) is 0 Å². The molecule has 3 aliphatic heterocycles. The summed E-state index contributed by atoms with van der Waals surface area (Å²) in [4.78, 5) is 15.2. The number of nitrogens with zero attached hydrogens (tertiary/aromatic N) is 1. The van der Waals surface area contributed by atoms with Crippen molar-refractivity contribution >= 4 is 17.5 Å². The van der Waals surface area contributed by atoms with Crippen LogP contribution in [-0.2, 0) is 4.79 Å². The third-order valence-corrected chi connectivity index (χ3v) is 6.07. The number of hydrogen-bond donors (Lipinski definition) is 3. The van der Waals surface area contributed by atoms with Crippen LogP contribution in [0.15, 0.2) is 24.3 Å². The Labute approximate surface area is 148 Å². The Bertz CT molecular complexity index is 596. The highest BCUT2D eigenvalue weighted by atomic mass is 35.5. The van der Waals surface area contributed by atoms with Crippen molar-refractivity contribution in [2.75, 3.05) is 32.7 Å². The molecular formula is C18H25ClN4O. The first-order valence-electron chi connectivity index (χ1n) is 8.96. The van der Waals surface area contributed by atoms with E-state index in [1.807, 2.05) is 24.3 Å². The summed E-state index contributed by atoms with van der Waals surface area (Å²) in [7, 11) is 0. The Morgan fingerprint density at radius 3 is 2.58 bits per heavy atom. The lowest BCUT2D eigenvalue weighted by molar-refractivity contribution is -0.135. The van der Waals surface area contributed by atoms with E-state index in [1.165, 1.54) is 0 Å². The second-order valence-electron chi connectivity index (χ2n) is 7.25. The molecule has 0 aromatic heterocycles. The lowest BCUT2D eigenvalue weighted by Gasteiger charge is -2.27. The van der Waals surface area contributed by atoms with Gasteiger partial charge in [-0.1, -0.05) is 23.7 Å². The van der Waals surface area contributed by atoms with Crippen molar-refractivity contribution in [2.24, 2.45) is 17.8 Å². The zero-order chi connectivity index (χ0) is 16.5. The standard InChI is InChI=1S/C18H25ClN4O/c19-15-3-1-2-12(8-15)17-16(11-21-22-17)18(24)23-6-4-13-9-20-10-14(13)5-7-23/h1-3,8,13-14,16-17,20-22H,4-7,9-11H2/t13-,14+,16?,17?. The Morgan fingerprint density at radius 1 is 1.12 bits per heavy atom. The fourth-order valence-electron chi connectivity index (χ4n) is 4.42. The van der Waals surface area contributed by atoms with E-state index in [0.717, 1.165) is 56.4 Å². The minimum atomic E-state index is -0.0699. The largest absolute Gasteiger partial charge is 0.342 e. The van der Waals surface area contributed by atoms with Gasteiger partial charge in [-0.2, -0.15) is 0 Å². The van der Waals surface area contributed by atoms with Gasteiger partial charge >= 0.3 is 0 Å². The summed E-state index contributed by atoms with van der Waals surface area (Å²) in [5.74, 6) is 1.68. The number of halogens is 1. The number of carbonyl (C=O) groups excluding carboxylic acids is 1. The van der Waals surface area contributed by atoms with Crippen molar-refractivity contribution in [2.45, 2.75) is 18.9 Å². The quantitative estimate of drug-likeness (QED) is 0.759. The smallest absolute Gasteiger partial charge is 0.229 e. The van der Waals surface area contributed by atoms with Crippen LogP contribution in [0, 0.1) is 17.8 Å². The van der Waals surface area contributed by atoms with Crippen molar-refractivity contribution in [1.29, 1.82) is 0 Å². The number of likely N-dealkylation sites (tertiary alicyclic amines) is 1. The predicted molar refractivity (Wildman–Crippen MR) is 94.5 cm³/mol. The first-order chi connectivity index (χ1) is 11.7. The molecule has 130 valence electrons.